The van der Waals surface area contributed by atoms with Crippen LogP contribution >= 0.6 is 11.3 Å². The molecule has 3 aromatic carbocycles. The molecule has 1 N–H and O–H groups in total. The van der Waals surface area contributed by atoms with Gasteiger partial charge in [-0.05, 0) is 59.8 Å². The van der Waals surface area contributed by atoms with Crippen molar-refractivity contribution in [1.29, 1.82) is 0 Å². The number of rotatable bonds is 5. The third-order valence-electron chi connectivity index (χ3n) is 4.55. The molecular weight excluding hydrogens is 385 g/mol. The van der Waals surface area contributed by atoms with Crippen LogP contribution in [-0.4, -0.2) is 25.8 Å². The topological polar surface area (TPSA) is 80.7 Å². The third kappa shape index (κ3) is 3.88. The van der Waals surface area contributed by atoms with Gasteiger partial charge >= 0.3 is 0 Å². The van der Waals surface area contributed by atoms with Crippen LogP contribution in [0.2, 0.25) is 0 Å². The van der Waals surface area contributed by atoms with Crippen molar-refractivity contribution in [3.63, 3.8) is 0 Å². The molecule has 8 heteroatoms. The van der Waals surface area contributed by atoms with Gasteiger partial charge in [0.15, 0.2) is 0 Å². The van der Waals surface area contributed by atoms with E-state index in [2.05, 4.69) is 15.5 Å². The van der Waals surface area contributed by atoms with E-state index < -0.39 is 0 Å². The molecule has 0 saturated heterocycles. The van der Waals surface area contributed by atoms with E-state index in [4.69, 9.17) is 4.74 Å². The lowest BCUT2D eigenvalue weighted by atomic mass is 9.93. The number of nitrogens with one attached hydrogen (secondary N) is 1. The number of fused-ring (bicyclic) bond motifs is 1. The number of carbonyl (C=O) groups is 1. The molecule has 1 heterocycles. The van der Waals surface area contributed by atoms with Crippen molar-refractivity contribution in [3.8, 4) is 16.3 Å². The van der Waals surface area contributed by atoms with Crippen LogP contribution < -0.4 is 15.5 Å². The summed E-state index contributed by atoms with van der Waals surface area (Å²) in [5.41, 5.74) is 3.92. The van der Waals surface area contributed by atoms with Gasteiger partial charge in [0, 0.05) is 16.8 Å². The molecule has 1 amide bonds. The van der Waals surface area contributed by atoms with Crippen molar-refractivity contribution in [2.24, 2.45) is 5.18 Å². The predicted molar refractivity (Wildman–Crippen MR) is 120 cm³/mol. The standard InChI is InChI=1S/C21H16BN3O3S/c1-28-15-7-9-17-19(11-15)29-21(24-17)12-2-5-14(6-3-12)23-20(26)13-4-8-16(22)18(10-13)25-27/h2-11H,22H2,1H3,(H,23,26). The zero-order valence-corrected chi connectivity index (χ0v) is 16.6. The summed E-state index contributed by atoms with van der Waals surface area (Å²) in [5, 5.41) is 6.68. The van der Waals surface area contributed by atoms with E-state index in [0.717, 1.165) is 32.0 Å². The van der Waals surface area contributed by atoms with E-state index >= 15 is 0 Å². The zero-order chi connectivity index (χ0) is 20.4. The molecular formula is C21H16BN3O3S. The quantitative estimate of drug-likeness (QED) is 0.407. The maximum absolute atomic E-state index is 12.4. The van der Waals surface area contributed by atoms with Crippen LogP contribution in [0, 0.1) is 4.91 Å². The molecule has 0 atom stereocenters. The summed E-state index contributed by atoms with van der Waals surface area (Å²) >= 11 is 1.58. The highest BCUT2D eigenvalue weighted by Gasteiger charge is 2.11. The van der Waals surface area contributed by atoms with Crippen LogP contribution in [0.4, 0.5) is 11.4 Å². The number of nitroso groups, excluding NO2 is 1. The van der Waals surface area contributed by atoms with Gasteiger partial charge in [-0.25, -0.2) is 4.98 Å². The van der Waals surface area contributed by atoms with Gasteiger partial charge in [0.25, 0.3) is 5.91 Å². The van der Waals surface area contributed by atoms with E-state index in [1.165, 1.54) is 6.07 Å². The van der Waals surface area contributed by atoms with Crippen LogP contribution in [-0.2, 0) is 0 Å². The minimum atomic E-state index is -0.297. The molecule has 0 aliphatic heterocycles. The fourth-order valence-corrected chi connectivity index (χ4v) is 3.90. The SMILES string of the molecule is Bc1ccc(C(=O)Nc2ccc(-c3nc4ccc(OC)cc4s3)cc2)cc1N=O. The molecule has 0 radical (unpaired) electrons. The van der Waals surface area contributed by atoms with Crippen LogP contribution in [0.15, 0.2) is 65.8 Å². The predicted octanol–water partition coefficient (Wildman–Crippen LogP) is 3.88. The van der Waals surface area contributed by atoms with Crippen molar-refractivity contribution in [2.45, 2.75) is 0 Å². The van der Waals surface area contributed by atoms with E-state index in [1.807, 2.05) is 42.5 Å². The summed E-state index contributed by atoms with van der Waals surface area (Å²) in [6.07, 6.45) is 0. The second-order valence-corrected chi connectivity index (χ2v) is 7.51. The van der Waals surface area contributed by atoms with Gasteiger partial charge in [-0.15, -0.1) is 16.2 Å². The summed E-state index contributed by atoms with van der Waals surface area (Å²) in [4.78, 5) is 27.9. The minimum Gasteiger partial charge on any atom is -0.497 e. The summed E-state index contributed by atoms with van der Waals surface area (Å²) in [5.74, 6) is 0.504. The number of hydrogen-bond donors (Lipinski definition) is 1. The largest absolute Gasteiger partial charge is 0.497 e. The lowest BCUT2D eigenvalue weighted by Gasteiger charge is -2.07. The van der Waals surface area contributed by atoms with E-state index in [1.54, 1.807) is 38.4 Å². The Balaban J connectivity index is 1.53. The Morgan fingerprint density at radius 1 is 1.10 bits per heavy atom. The molecule has 142 valence electrons. The molecule has 0 fully saturated rings. The molecule has 1 aromatic heterocycles. The Kier molecular flexibility index (Phi) is 5.10. The molecule has 0 spiro atoms. The number of ether oxygens (including phenoxy) is 1. The molecule has 29 heavy (non-hydrogen) atoms. The van der Waals surface area contributed by atoms with Crippen molar-refractivity contribution < 1.29 is 9.53 Å². The van der Waals surface area contributed by atoms with Crippen LogP contribution in [0.1, 0.15) is 10.4 Å². The number of hydrogen-bond acceptors (Lipinski definition) is 6. The van der Waals surface area contributed by atoms with Crippen LogP contribution in [0.5, 0.6) is 5.75 Å². The van der Waals surface area contributed by atoms with Gasteiger partial charge < -0.3 is 10.1 Å². The van der Waals surface area contributed by atoms with E-state index in [9.17, 15) is 9.70 Å². The molecule has 6 nitrogen and oxygen atoms in total. The molecule has 0 unspecified atom stereocenters. The normalized spacial score (nSPS) is 10.7. The summed E-state index contributed by atoms with van der Waals surface area (Å²) in [6.45, 7) is 0. The lowest BCUT2D eigenvalue weighted by Crippen LogP contribution is -2.13. The summed E-state index contributed by atoms with van der Waals surface area (Å²) < 4.78 is 6.31. The van der Waals surface area contributed by atoms with Crippen molar-refractivity contribution in [2.75, 3.05) is 12.4 Å². The lowest BCUT2D eigenvalue weighted by molar-refractivity contribution is 0.102. The van der Waals surface area contributed by atoms with E-state index in [-0.39, 0.29) is 11.6 Å². The smallest absolute Gasteiger partial charge is 0.255 e. The van der Waals surface area contributed by atoms with Gasteiger partial charge in [-0.1, -0.05) is 11.5 Å². The Bertz CT molecular complexity index is 1220. The number of thiazole rings is 1. The fourth-order valence-electron chi connectivity index (χ4n) is 2.90. The molecule has 0 bridgehead atoms. The second kappa shape index (κ2) is 7.85. The molecule has 0 aliphatic carbocycles. The van der Waals surface area contributed by atoms with Crippen molar-refractivity contribution in [1.82, 2.24) is 4.98 Å². The van der Waals surface area contributed by atoms with Gasteiger partial charge in [-0.3, -0.25) is 4.79 Å². The third-order valence-corrected chi connectivity index (χ3v) is 5.62. The van der Waals surface area contributed by atoms with Gasteiger partial charge in [0.2, 0.25) is 0 Å². The first-order valence-corrected chi connectivity index (χ1v) is 9.69. The Hall–Kier alpha value is -3.52. The van der Waals surface area contributed by atoms with Gasteiger partial charge in [-0.2, -0.15) is 0 Å². The van der Waals surface area contributed by atoms with Gasteiger partial charge in [0.1, 0.15) is 24.3 Å². The number of aromatic nitrogens is 1. The average molecular weight is 401 g/mol. The minimum absolute atomic E-state index is 0.264. The fraction of sp³-hybridized carbons (Fsp3) is 0.0476. The highest BCUT2D eigenvalue weighted by molar-refractivity contribution is 7.21. The number of carbonyl (C=O) groups excluding carboxylic acids is 1. The molecule has 0 saturated carbocycles. The van der Waals surface area contributed by atoms with Crippen molar-refractivity contribution in [3.05, 3.63) is 71.1 Å². The first-order valence-electron chi connectivity index (χ1n) is 8.88. The summed E-state index contributed by atoms with van der Waals surface area (Å²) in [6, 6.07) is 18.1. The van der Waals surface area contributed by atoms with Gasteiger partial charge in [0.05, 0.1) is 17.3 Å². The second-order valence-electron chi connectivity index (χ2n) is 6.48. The number of nitrogens with zero attached hydrogens (tertiary/aromatic N) is 2. The zero-order valence-electron chi connectivity index (χ0n) is 15.8. The average Bonchev–Trinajstić information content (AvgIpc) is 3.17. The highest BCUT2D eigenvalue weighted by Crippen LogP contribution is 2.32. The first-order chi connectivity index (χ1) is 14.1. The summed E-state index contributed by atoms with van der Waals surface area (Å²) in [7, 11) is 3.41. The number of methoxy groups -OCH3 is 1. The number of anilines is 1. The molecule has 4 aromatic rings. The highest BCUT2D eigenvalue weighted by atomic mass is 32.1. The first kappa shape index (κ1) is 18.8. The molecule has 4 rings (SSSR count). The maximum Gasteiger partial charge on any atom is 0.255 e. The Labute approximate surface area is 171 Å². The Morgan fingerprint density at radius 3 is 2.62 bits per heavy atom. The van der Waals surface area contributed by atoms with E-state index in [0.29, 0.717) is 11.3 Å². The number of amides is 1. The van der Waals surface area contributed by atoms with Crippen LogP contribution in [0.3, 0.4) is 0 Å². The molecule has 0 aliphatic rings. The Morgan fingerprint density at radius 2 is 1.90 bits per heavy atom. The monoisotopic (exact) mass is 401 g/mol. The van der Waals surface area contributed by atoms with Crippen molar-refractivity contribution >= 4 is 52.1 Å². The van der Waals surface area contributed by atoms with Crippen LogP contribution in [0.25, 0.3) is 20.8 Å². The number of benzene rings is 3. The maximum atomic E-state index is 12.4.